The summed E-state index contributed by atoms with van der Waals surface area (Å²) in [6, 6.07) is 9.82. The Hall–Kier alpha value is -1.34. The first-order valence-corrected chi connectivity index (χ1v) is 8.31. The number of benzene rings is 1. The highest BCUT2D eigenvalue weighted by Gasteiger charge is 2.31. The minimum atomic E-state index is -4.14. The van der Waals surface area contributed by atoms with E-state index in [9.17, 15) is 13.2 Å². The molecule has 0 radical (unpaired) electrons. The molecule has 3 rings (SSSR count). The number of para-hydroxylation sites is 1. The van der Waals surface area contributed by atoms with Gasteiger partial charge in [-0.3, -0.25) is 4.90 Å². The second-order valence-corrected chi connectivity index (χ2v) is 6.57. The molecule has 1 saturated heterocycles. The van der Waals surface area contributed by atoms with Crippen molar-refractivity contribution in [2.75, 3.05) is 37.6 Å². The van der Waals surface area contributed by atoms with Crippen LogP contribution < -0.4 is 4.90 Å². The molecule has 7 heteroatoms. The van der Waals surface area contributed by atoms with E-state index >= 15 is 0 Å². The summed E-state index contributed by atoms with van der Waals surface area (Å²) in [7, 11) is 0. The molecule has 0 saturated carbocycles. The zero-order chi connectivity index (χ0) is 16.4. The summed E-state index contributed by atoms with van der Waals surface area (Å²) < 4.78 is 38.5. The normalized spacial score (nSPS) is 17.5. The Morgan fingerprint density at radius 3 is 2.65 bits per heavy atom. The average molecular weight is 388 g/mol. The highest BCUT2D eigenvalue weighted by Crippen LogP contribution is 2.25. The zero-order valence-electron chi connectivity index (χ0n) is 12.5. The summed E-state index contributed by atoms with van der Waals surface area (Å²) >= 11 is 3.50. The molecule has 1 aromatic heterocycles. The molecule has 0 N–H and O–H groups in total. The summed E-state index contributed by atoms with van der Waals surface area (Å²) in [4.78, 5) is 8.21. The monoisotopic (exact) mass is 387 g/mol. The van der Waals surface area contributed by atoms with E-state index in [4.69, 9.17) is 0 Å². The quantitative estimate of drug-likeness (QED) is 0.773. The van der Waals surface area contributed by atoms with Gasteiger partial charge in [-0.05, 0) is 40.5 Å². The number of halogens is 4. The van der Waals surface area contributed by atoms with Gasteiger partial charge in [0, 0.05) is 36.0 Å². The lowest BCUT2D eigenvalue weighted by molar-refractivity contribution is -0.145. The minimum absolute atomic E-state index is 0.398. The predicted octanol–water partition coefficient (Wildman–Crippen LogP) is 4.07. The molecular weight excluding hydrogens is 371 g/mol. The molecule has 0 spiro atoms. The third-order valence-corrected chi connectivity index (χ3v) is 4.61. The van der Waals surface area contributed by atoms with E-state index in [-0.39, 0.29) is 0 Å². The highest BCUT2D eigenvalue weighted by atomic mass is 79.9. The Bertz CT molecular complexity index is 690. The molecule has 3 nitrogen and oxygen atoms in total. The van der Waals surface area contributed by atoms with Crippen LogP contribution in [0.1, 0.15) is 6.42 Å². The fraction of sp³-hybridized carbons (Fsp3) is 0.438. The molecule has 0 amide bonds. The number of anilines is 1. The summed E-state index contributed by atoms with van der Waals surface area (Å²) in [6.45, 7) is 1.30. The van der Waals surface area contributed by atoms with Crippen molar-refractivity contribution in [3.05, 3.63) is 34.8 Å². The van der Waals surface area contributed by atoms with Crippen molar-refractivity contribution in [2.24, 2.45) is 0 Å². The number of fused-ring (bicyclic) bond motifs is 1. The van der Waals surface area contributed by atoms with Crippen molar-refractivity contribution >= 4 is 32.7 Å². The van der Waals surface area contributed by atoms with Crippen molar-refractivity contribution < 1.29 is 13.2 Å². The molecule has 0 aliphatic carbocycles. The number of hydrogen-bond acceptors (Lipinski definition) is 3. The largest absolute Gasteiger partial charge is 0.401 e. The highest BCUT2D eigenvalue weighted by molar-refractivity contribution is 9.10. The van der Waals surface area contributed by atoms with Crippen LogP contribution in [0.4, 0.5) is 19.0 Å². The van der Waals surface area contributed by atoms with Crippen molar-refractivity contribution in [3.8, 4) is 0 Å². The van der Waals surface area contributed by atoms with Gasteiger partial charge in [0.25, 0.3) is 0 Å². The molecule has 0 unspecified atom stereocenters. The molecule has 2 aromatic rings. The van der Waals surface area contributed by atoms with Crippen LogP contribution in [0.15, 0.2) is 34.8 Å². The van der Waals surface area contributed by atoms with Crippen molar-refractivity contribution in [3.63, 3.8) is 0 Å². The van der Waals surface area contributed by atoms with E-state index in [0.717, 1.165) is 27.7 Å². The van der Waals surface area contributed by atoms with E-state index in [2.05, 4.69) is 25.8 Å². The third kappa shape index (κ3) is 4.14. The summed E-state index contributed by atoms with van der Waals surface area (Å²) in [5.74, 6) is 0.818. The van der Waals surface area contributed by atoms with Gasteiger partial charge in [0.05, 0.1) is 12.1 Å². The van der Waals surface area contributed by atoms with E-state index in [1.54, 1.807) is 0 Å². The van der Waals surface area contributed by atoms with Crippen LogP contribution in [-0.4, -0.2) is 48.8 Å². The predicted molar refractivity (Wildman–Crippen MR) is 88.8 cm³/mol. The van der Waals surface area contributed by atoms with Gasteiger partial charge in [0.1, 0.15) is 5.82 Å². The summed E-state index contributed by atoms with van der Waals surface area (Å²) in [5.41, 5.74) is 0.876. The van der Waals surface area contributed by atoms with Gasteiger partial charge in [-0.2, -0.15) is 13.2 Å². The molecule has 124 valence electrons. The van der Waals surface area contributed by atoms with Crippen LogP contribution in [-0.2, 0) is 0 Å². The van der Waals surface area contributed by atoms with E-state index in [0.29, 0.717) is 26.1 Å². The standard InChI is InChI=1S/C16H17BrF3N3/c17-13-4-1-3-12-5-6-14(21-15(12)13)23-8-2-7-22(9-10-23)11-16(18,19)20/h1,3-6H,2,7-11H2. The first-order valence-electron chi connectivity index (χ1n) is 7.52. The third-order valence-electron chi connectivity index (χ3n) is 3.97. The van der Waals surface area contributed by atoms with Crippen molar-refractivity contribution in [2.45, 2.75) is 12.6 Å². The number of aromatic nitrogens is 1. The van der Waals surface area contributed by atoms with Gasteiger partial charge in [-0.15, -0.1) is 0 Å². The summed E-state index contributed by atoms with van der Waals surface area (Å²) in [6.07, 6.45) is -3.44. The maximum atomic E-state index is 12.5. The number of pyridine rings is 1. The fourth-order valence-corrected chi connectivity index (χ4v) is 3.36. The molecule has 23 heavy (non-hydrogen) atoms. The second kappa shape index (κ2) is 6.65. The molecule has 1 aromatic carbocycles. The van der Waals surface area contributed by atoms with Crippen LogP contribution in [0.2, 0.25) is 0 Å². The smallest absolute Gasteiger partial charge is 0.355 e. The van der Waals surface area contributed by atoms with Crippen LogP contribution in [0, 0.1) is 0 Å². The average Bonchev–Trinajstić information content (AvgIpc) is 2.71. The van der Waals surface area contributed by atoms with Gasteiger partial charge < -0.3 is 4.90 Å². The number of nitrogens with zero attached hydrogens (tertiary/aromatic N) is 3. The Balaban J connectivity index is 1.76. The summed E-state index contributed by atoms with van der Waals surface area (Å²) in [5, 5.41) is 1.04. The van der Waals surface area contributed by atoms with Gasteiger partial charge in [0.2, 0.25) is 0 Å². The Morgan fingerprint density at radius 1 is 1.04 bits per heavy atom. The number of alkyl halides is 3. The first kappa shape index (κ1) is 16.5. The molecule has 2 heterocycles. The Morgan fingerprint density at radius 2 is 1.87 bits per heavy atom. The lowest BCUT2D eigenvalue weighted by Gasteiger charge is -2.23. The maximum absolute atomic E-state index is 12.5. The van der Waals surface area contributed by atoms with E-state index < -0.39 is 12.7 Å². The molecule has 1 fully saturated rings. The SMILES string of the molecule is FC(F)(F)CN1CCCN(c2ccc3cccc(Br)c3n2)CC1. The first-order chi connectivity index (χ1) is 10.9. The number of hydrogen-bond donors (Lipinski definition) is 0. The minimum Gasteiger partial charge on any atom is -0.355 e. The van der Waals surface area contributed by atoms with Gasteiger partial charge >= 0.3 is 6.18 Å². The fourth-order valence-electron chi connectivity index (χ4n) is 2.89. The Kier molecular flexibility index (Phi) is 4.77. The topological polar surface area (TPSA) is 19.4 Å². The van der Waals surface area contributed by atoms with Gasteiger partial charge in [-0.25, -0.2) is 4.98 Å². The molecule has 0 atom stereocenters. The number of rotatable bonds is 2. The molecule has 1 aliphatic rings. The van der Waals surface area contributed by atoms with E-state index in [1.165, 1.54) is 4.90 Å². The molecular formula is C16H17BrF3N3. The lowest BCUT2D eigenvalue weighted by Crippen LogP contribution is -2.37. The Labute approximate surface area is 141 Å². The molecule has 0 bridgehead atoms. The van der Waals surface area contributed by atoms with Crippen molar-refractivity contribution in [1.29, 1.82) is 0 Å². The van der Waals surface area contributed by atoms with Crippen molar-refractivity contribution in [1.82, 2.24) is 9.88 Å². The van der Waals surface area contributed by atoms with Gasteiger partial charge in [-0.1, -0.05) is 12.1 Å². The maximum Gasteiger partial charge on any atom is 0.401 e. The second-order valence-electron chi connectivity index (χ2n) is 5.71. The zero-order valence-corrected chi connectivity index (χ0v) is 14.1. The van der Waals surface area contributed by atoms with Crippen LogP contribution >= 0.6 is 15.9 Å². The lowest BCUT2D eigenvalue weighted by atomic mass is 10.2. The van der Waals surface area contributed by atoms with Crippen LogP contribution in [0.25, 0.3) is 10.9 Å². The molecule has 1 aliphatic heterocycles. The van der Waals surface area contributed by atoms with Crippen LogP contribution in [0.3, 0.4) is 0 Å². The van der Waals surface area contributed by atoms with Gasteiger partial charge in [0.15, 0.2) is 0 Å². The van der Waals surface area contributed by atoms with Crippen LogP contribution in [0.5, 0.6) is 0 Å². The van der Waals surface area contributed by atoms with E-state index in [1.807, 2.05) is 30.3 Å².